The SMILES string of the molecule is COC(=O)c1cc(C#Cc2ccccc2)cc(-n2cc(-c3cc(C(C)(C)C)cc(C(C)(C)C)c3)nn2)c1. The lowest BCUT2D eigenvalue weighted by molar-refractivity contribution is 0.0600. The third-order valence-electron chi connectivity index (χ3n) is 6.18. The van der Waals surface area contributed by atoms with Gasteiger partial charge >= 0.3 is 5.97 Å². The zero-order chi connectivity index (χ0) is 26.8. The standard InChI is InChI=1S/C32H33N3O2/c1-31(2,3)26-17-24(18-27(20-26)32(4,5)6)29-21-35(34-33-29)28-16-23(15-25(19-28)30(36)37-7)14-13-22-11-9-8-10-12-22/h8-12,15-21H,1-7H3. The average Bonchev–Trinajstić information content (AvgIpc) is 3.37. The van der Waals surface area contributed by atoms with Crippen molar-refractivity contribution in [3.05, 3.63) is 101 Å². The van der Waals surface area contributed by atoms with E-state index in [4.69, 9.17) is 4.74 Å². The molecule has 3 aromatic carbocycles. The molecule has 4 aromatic rings. The molecule has 0 saturated carbocycles. The van der Waals surface area contributed by atoms with Gasteiger partial charge in [0.05, 0.1) is 24.6 Å². The van der Waals surface area contributed by atoms with E-state index in [-0.39, 0.29) is 10.8 Å². The maximum absolute atomic E-state index is 12.4. The number of esters is 1. The molecule has 37 heavy (non-hydrogen) atoms. The molecular formula is C32H33N3O2. The number of rotatable bonds is 3. The Hall–Kier alpha value is -4.17. The first kappa shape index (κ1) is 25.9. The Morgan fingerprint density at radius 2 is 1.43 bits per heavy atom. The first-order valence-corrected chi connectivity index (χ1v) is 12.3. The van der Waals surface area contributed by atoms with Crippen LogP contribution in [-0.2, 0) is 15.6 Å². The molecule has 0 aliphatic rings. The van der Waals surface area contributed by atoms with Crippen LogP contribution in [0, 0.1) is 11.8 Å². The van der Waals surface area contributed by atoms with Gasteiger partial charge in [-0.2, -0.15) is 0 Å². The van der Waals surface area contributed by atoms with Crippen LogP contribution >= 0.6 is 0 Å². The van der Waals surface area contributed by atoms with Gasteiger partial charge in [-0.1, -0.05) is 82.9 Å². The minimum absolute atomic E-state index is 0.00677. The van der Waals surface area contributed by atoms with Crippen LogP contribution in [0.15, 0.2) is 72.9 Å². The predicted octanol–water partition coefficient (Wildman–Crippen LogP) is 6.72. The zero-order valence-corrected chi connectivity index (χ0v) is 22.6. The minimum atomic E-state index is -0.433. The lowest BCUT2D eigenvalue weighted by Crippen LogP contribution is -2.16. The van der Waals surface area contributed by atoms with E-state index in [1.165, 1.54) is 18.2 Å². The van der Waals surface area contributed by atoms with Gasteiger partial charge in [0.25, 0.3) is 0 Å². The molecule has 0 saturated heterocycles. The van der Waals surface area contributed by atoms with Crippen molar-refractivity contribution in [2.24, 2.45) is 0 Å². The van der Waals surface area contributed by atoms with Gasteiger partial charge in [-0.3, -0.25) is 0 Å². The molecule has 5 nitrogen and oxygen atoms in total. The molecule has 0 radical (unpaired) electrons. The summed E-state index contributed by atoms with van der Waals surface area (Å²) in [7, 11) is 1.37. The molecule has 0 aliphatic carbocycles. The number of carbonyl (C=O) groups is 1. The lowest BCUT2D eigenvalue weighted by atomic mass is 9.79. The van der Waals surface area contributed by atoms with E-state index in [2.05, 4.69) is 81.9 Å². The Kier molecular flexibility index (Phi) is 7.05. The maximum atomic E-state index is 12.4. The number of ether oxygens (including phenoxy) is 1. The van der Waals surface area contributed by atoms with Crippen molar-refractivity contribution < 1.29 is 9.53 Å². The molecule has 188 valence electrons. The summed E-state index contributed by atoms with van der Waals surface area (Å²) in [6, 6.07) is 21.7. The third kappa shape index (κ3) is 6.16. The smallest absolute Gasteiger partial charge is 0.337 e. The Balaban J connectivity index is 1.78. The van der Waals surface area contributed by atoms with Gasteiger partial charge < -0.3 is 4.74 Å². The number of benzene rings is 3. The van der Waals surface area contributed by atoms with Crippen LogP contribution in [0.2, 0.25) is 0 Å². The van der Waals surface area contributed by atoms with Crippen molar-refractivity contribution in [3.8, 4) is 28.8 Å². The van der Waals surface area contributed by atoms with Gasteiger partial charge in [0.1, 0.15) is 5.69 Å². The summed E-state index contributed by atoms with van der Waals surface area (Å²) in [5, 5.41) is 8.89. The van der Waals surface area contributed by atoms with Gasteiger partial charge in [-0.25, -0.2) is 9.48 Å². The number of hydrogen-bond acceptors (Lipinski definition) is 4. The van der Waals surface area contributed by atoms with E-state index in [1.807, 2.05) is 42.6 Å². The van der Waals surface area contributed by atoms with E-state index in [0.29, 0.717) is 16.8 Å². The molecule has 4 rings (SSSR count). The van der Waals surface area contributed by atoms with Crippen LogP contribution in [0.4, 0.5) is 0 Å². The van der Waals surface area contributed by atoms with Crippen molar-refractivity contribution in [2.45, 2.75) is 52.4 Å². The van der Waals surface area contributed by atoms with Gasteiger partial charge in [0, 0.05) is 16.7 Å². The highest BCUT2D eigenvalue weighted by molar-refractivity contribution is 5.90. The summed E-state index contributed by atoms with van der Waals surface area (Å²) in [4.78, 5) is 12.4. The van der Waals surface area contributed by atoms with Crippen LogP contribution in [-0.4, -0.2) is 28.1 Å². The first-order valence-electron chi connectivity index (χ1n) is 12.3. The van der Waals surface area contributed by atoms with Crippen LogP contribution in [0.5, 0.6) is 0 Å². The number of aromatic nitrogens is 3. The number of nitrogens with zero attached hydrogens (tertiary/aromatic N) is 3. The Labute approximate surface area is 219 Å². The van der Waals surface area contributed by atoms with Crippen LogP contribution in [0.25, 0.3) is 16.9 Å². The van der Waals surface area contributed by atoms with Gasteiger partial charge in [-0.15, -0.1) is 5.10 Å². The second-order valence-electron chi connectivity index (χ2n) is 11.2. The van der Waals surface area contributed by atoms with Gasteiger partial charge in [-0.05, 0) is 64.4 Å². The van der Waals surface area contributed by atoms with Crippen LogP contribution < -0.4 is 0 Å². The predicted molar refractivity (Wildman–Crippen MR) is 148 cm³/mol. The summed E-state index contributed by atoms with van der Waals surface area (Å²) in [5.41, 5.74) is 6.91. The Morgan fingerprint density at radius 3 is 2.03 bits per heavy atom. The fraction of sp³-hybridized carbons (Fsp3) is 0.281. The number of carbonyl (C=O) groups excluding carboxylic acids is 1. The fourth-order valence-electron chi connectivity index (χ4n) is 3.88. The van der Waals surface area contributed by atoms with E-state index in [1.54, 1.807) is 16.8 Å². The molecule has 0 fully saturated rings. The summed E-state index contributed by atoms with van der Waals surface area (Å²) in [5.74, 6) is 5.87. The molecule has 1 aromatic heterocycles. The summed E-state index contributed by atoms with van der Waals surface area (Å²) < 4.78 is 6.65. The van der Waals surface area contributed by atoms with Crippen molar-refractivity contribution >= 4 is 5.97 Å². The third-order valence-corrected chi connectivity index (χ3v) is 6.18. The fourth-order valence-corrected chi connectivity index (χ4v) is 3.88. The van der Waals surface area contributed by atoms with E-state index in [0.717, 1.165) is 16.8 Å². The number of methoxy groups -OCH3 is 1. The Bertz CT molecular complexity index is 1460. The van der Waals surface area contributed by atoms with Crippen molar-refractivity contribution in [3.63, 3.8) is 0 Å². The molecule has 0 bridgehead atoms. The zero-order valence-electron chi connectivity index (χ0n) is 22.6. The molecule has 0 unspecified atom stereocenters. The summed E-state index contributed by atoms with van der Waals surface area (Å²) in [6.07, 6.45) is 1.89. The second kappa shape index (κ2) is 10.1. The van der Waals surface area contributed by atoms with Crippen molar-refractivity contribution in [1.29, 1.82) is 0 Å². The molecule has 0 spiro atoms. The minimum Gasteiger partial charge on any atom is -0.465 e. The summed E-state index contributed by atoms with van der Waals surface area (Å²) >= 11 is 0. The van der Waals surface area contributed by atoms with E-state index < -0.39 is 5.97 Å². The molecule has 0 N–H and O–H groups in total. The molecular weight excluding hydrogens is 458 g/mol. The van der Waals surface area contributed by atoms with Crippen LogP contribution in [0.3, 0.4) is 0 Å². The molecule has 0 atom stereocenters. The second-order valence-corrected chi connectivity index (χ2v) is 11.2. The van der Waals surface area contributed by atoms with Crippen molar-refractivity contribution in [2.75, 3.05) is 7.11 Å². The highest BCUT2D eigenvalue weighted by Gasteiger charge is 2.22. The normalized spacial score (nSPS) is 11.5. The monoisotopic (exact) mass is 491 g/mol. The quantitative estimate of drug-likeness (QED) is 0.236. The van der Waals surface area contributed by atoms with Crippen molar-refractivity contribution in [1.82, 2.24) is 15.0 Å². The summed E-state index contributed by atoms with van der Waals surface area (Å²) in [6.45, 7) is 13.3. The maximum Gasteiger partial charge on any atom is 0.337 e. The number of hydrogen-bond donors (Lipinski definition) is 0. The largest absolute Gasteiger partial charge is 0.465 e. The van der Waals surface area contributed by atoms with Gasteiger partial charge in [0.2, 0.25) is 0 Å². The molecule has 1 heterocycles. The van der Waals surface area contributed by atoms with Crippen LogP contribution in [0.1, 0.15) is 74.2 Å². The highest BCUT2D eigenvalue weighted by Crippen LogP contribution is 2.33. The lowest BCUT2D eigenvalue weighted by Gasteiger charge is -2.26. The molecule has 5 heteroatoms. The Morgan fingerprint density at radius 1 is 0.811 bits per heavy atom. The highest BCUT2D eigenvalue weighted by atomic mass is 16.5. The molecule has 0 aliphatic heterocycles. The van der Waals surface area contributed by atoms with E-state index in [9.17, 15) is 4.79 Å². The average molecular weight is 492 g/mol. The van der Waals surface area contributed by atoms with E-state index >= 15 is 0 Å². The topological polar surface area (TPSA) is 57.0 Å². The van der Waals surface area contributed by atoms with Gasteiger partial charge in [0.15, 0.2) is 0 Å². The molecule has 0 amide bonds. The first-order chi connectivity index (χ1) is 17.4.